The van der Waals surface area contributed by atoms with Gasteiger partial charge in [-0.3, -0.25) is 4.57 Å². The number of benzene rings is 10. The van der Waals surface area contributed by atoms with Gasteiger partial charge in [0.2, 0.25) is 5.95 Å². The van der Waals surface area contributed by atoms with Crippen LogP contribution in [0.4, 0.5) is 0 Å². The van der Waals surface area contributed by atoms with Gasteiger partial charge in [0.25, 0.3) is 0 Å². The minimum absolute atomic E-state index is 0.530. The summed E-state index contributed by atoms with van der Waals surface area (Å²) in [5.74, 6) is 1.63. The summed E-state index contributed by atoms with van der Waals surface area (Å²) in [4.78, 5) is 16.4. The molecular formula is C59H35N5O. The van der Waals surface area contributed by atoms with Gasteiger partial charge in [0, 0.05) is 48.8 Å². The van der Waals surface area contributed by atoms with Crippen LogP contribution in [-0.2, 0) is 0 Å². The Balaban J connectivity index is 1.13. The van der Waals surface area contributed by atoms with E-state index in [1.54, 1.807) is 0 Å². The van der Waals surface area contributed by atoms with E-state index in [1.165, 1.54) is 5.39 Å². The molecule has 0 unspecified atom stereocenters. The third kappa shape index (κ3) is 5.38. The van der Waals surface area contributed by atoms with Crippen molar-refractivity contribution in [2.45, 2.75) is 0 Å². The molecule has 0 aliphatic rings. The predicted molar refractivity (Wildman–Crippen MR) is 267 cm³/mol. The van der Waals surface area contributed by atoms with Crippen LogP contribution in [0.2, 0.25) is 0 Å². The van der Waals surface area contributed by atoms with E-state index in [0.717, 1.165) is 110 Å². The predicted octanol–water partition coefficient (Wildman–Crippen LogP) is 15.3. The number of fused-ring (bicyclic) bond motifs is 12. The van der Waals surface area contributed by atoms with Crippen LogP contribution in [0, 0.1) is 0 Å². The van der Waals surface area contributed by atoms with Crippen molar-refractivity contribution in [2.24, 2.45) is 0 Å². The maximum absolute atomic E-state index is 7.27. The SMILES string of the molecule is c1ccc(-c2cccc(-c3nc(-c4ccc5c(oc6c7ccccc7ccc56)c4-n4c5ccccc5c5cc6ccccc6cc54)nc(-n4c5ccccc5c5ccccc54)n3)c2)cc1. The average molecular weight is 830 g/mol. The fraction of sp³-hybridized carbons (Fsp3) is 0. The van der Waals surface area contributed by atoms with Crippen LogP contribution in [0.3, 0.4) is 0 Å². The lowest BCUT2D eigenvalue weighted by Gasteiger charge is -2.16. The van der Waals surface area contributed by atoms with E-state index in [1.807, 2.05) is 6.07 Å². The molecule has 0 fully saturated rings. The maximum Gasteiger partial charge on any atom is 0.238 e. The molecule has 0 saturated carbocycles. The summed E-state index contributed by atoms with van der Waals surface area (Å²) in [5, 5.41) is 11.2. The minimum Gasteiger partial charge on any atom is -0.453 e. The monoisotopic (exact) mass is 829 g/mol. The molecule has 0 radical (unpaired) electrons. The Morgan fingerprint density at radius 1 is 0.308 bits per heavy atom. The van der Waals surface area contributed by atoms with Crippen LogP contribution < -0.4 is 0 Å². The molecule has 302 valence electrons. The van der Waals surface area contributed by atoms with Crippen molar-refractivity contribution in [1.82, 2.24) is 24.1 Å². The molecular weight excluding hydrogens is 795 g/mol. The molecule has 0 bridgehead atoms. The summed E-state index contributed by atoms with van der Waals surface area (Å²) in [6.07, 6.45) is 0. The average Bonchev–Trinajstić information content (AvgIpc) is 4.03. The maximum atomic E-state index is 7.27. The van der Waals surface area contributed by atoms with Crippen LogP contribution in [-0.4, -0.2) is 24.1 Å². The zero-order chi connectivity index (χ0) is 42.6. The van der Waals surface area contributed by atoms with E-state index >= 15 is 0 Å². The molecule has 4 aromatic heterocycles. The number of hydrogen-bond acceptors (Lipinski definition) is 4. The van der Waals surface area contributed by atoms with Crippen LogP contribution >= 0.6 is 0 Å². The van der Waals surface area contributed by atoms with Gasteiger partial charge in [-0.25, -0.2) is 4.98 Å². The van der Waals surface area contributed by atoms with Crippen LogP contribution in [0.5, 0.6) is 0 Å². The third-order valence-electron chi connectivity index (χ3n) is 13.1. The molecule has 0 N–H and O–H groups in total. The van der Waals surface area contributed by atoms with Gasteiger partial charge in [0.05, 0.1) is 22.1 Å². The van der Waals surface area contributed by atoms with E-state index in [9.17, 15) is 0 Å². The van der Waals surface area contributed by atoms with Crippen molar-refractivity contribution in [1.29, 1.82) is 0 Å². The first kappa shape index (κ1) is 35.7. The van der Waals surface area contributed by atoms with Crippen molar-refractivity contribution >= 4 is 87.1 Å². The quantitative estimate of drug-likeness (QED) is 0.173. The molecule has 14 aromatic rings. The lowest BCUT2D eigenvalue weighted by molar-refractivity contribution is 0.670. The number of aromatic nitrogens is 5. The van der Waals surface area contributed by atoms with Gasteiger partial charge in [-0.1, -0.05) is 158 Å². The molecule has 6 nitrogen and oxygen atoms in total. The van der Waals surface area contributed by atoms with Crippen LogP contribution in [0.25, 0.3) is 133 Å². The van der Waals surface area contributed by atoms with Gasteiger partial charge in [0.1, 0.15) is 11.3 Å². The molecule has 0 aliphatic heterocycles. The fourth-order valence-electron chi connectivity index (χ4n) is 10.2. The molecule has 4 heterocycles. The molecule has 0 spiro atoms. The Bertz CT molecular complexity index is 4200. The van der Waals surface area contributed by atoms with Gasteiger partial charge >= 0.3 is 0 Å². The van der Waals surface area contributed by atoms with Gasteiger partial charge < -0.3 is 8.98 Å². The topological polar surface area (TPSA) is 61.7 Å². The van der Waals surface area contributed by atoms with Gasteiger partial charge in [-0.2, -0.15) is 9.97 Å². The zero-order valence-corrected chi connectivity index (χ0v) is 34.9. The largest absolute Gasteiger partial charge is 0.453 e. The van der Waals surface area contributed by atoms with Gasteiger partial charge in [0.15, 0.2) is 17.2 Å². The number of nitrogens with zero attached hydrogens (tertiary/aromatic N) is 5. The third-order valence-corrected chi connectivity index (χ3v) is 13.1. The second kappa shape index (κ2) is 13.8. The van der Waals surface area contributed by atoms with Crippen molar-refractivity contribution in [3.8, 4) is 45.5 Å². The standard InChI is InChI=1S/C59H35N5O/c1-2-15-36(16-3-1)38-20-14-21-41(33-38)57-60-58(62-59(61-57)64-51-27-12-8-23-43(51)44-24-9-13-28-52(44)64)48-32-31-47-46-30-29-37-17-6-7-22-42(37)55(46)65-56(47)54(48)63-50-26-11-10-25-45(50)49-34-39-18-4-5-19-40(39)35-53(49)63/h1-35H. The lowest BCUT2D eigenvalue weighted by atomic mass is 10.0. The van der Waals surface area contributed by atoms with E-state index in [4.69, 9.17) is 19.4 Å². The highest BCUT2D eigenvalue weighted by molar-refractivity contribution is 6.20. The molecule has 6 heteroatoms. The second-order valence-corrected chi connectivity index (χ2v) is 16.8. The van der Waals surface area contributed by atoms with E-state index in [2.05, 4.69) is 215 Å². The summed E-state index contributed by atoms with van der Waals surface area (Å²) in [6.45, 7) is 0. The molecule has 0 saturated heterocycles. The van der Waals surface area contributed by atoms with Crippen molar-refractivity contribution < 1.29 is 4.42 Å². The number of para-hydroxylation sites is 3. The molecule has 10 aromatic carbocycles. The Morgan fingerprint density at radius 3 is 1.62 bits per heavy atom. The Hall–Kier alpha value is -8.87. The highest BCUT2D eigenvalue weighted by atomic mass is 16.3. The zero-order valence-electron chi connectivity index (χ0n) is 34.9. The van der Waals surface area contributed by atoms with Gasteiger partial charge in [-0.15, -0.1) is 0 Å². The molecule has 65 heavy (non-hydrogen) atoms. The van der Waals surface area contributed by atoms with Gasteiger partial charge in [-0.05, 0) is 81.9 Å². The lowest BCUT2D eigenvalue weighted by Crippen LogP contribution is -2.08. The number of rotatable bonds is 5. The fourth-order valence-corrected chi connectivity index (χ4v) is 10.2. The summed E-state index contributed by atoms with van der Waals surface area (Å²) in [6, 6.07) is 74.9. The normalized spacial score (nSPS) is 12.0. The van der Waals surface area contributed by atoms with E-state index in [0.29, 0.717) is 17.6 Å². The highest BCUT2D eigenvalue weighted by Gasteiger charge is 2.26. The summed E-state index contributed by atoms with van der Waals surface area (Å²) in [5.41, 5.74) is 10.5. The first-order chi connectivity index (χ1) is 32.2. The number of hydrogen-bond donors (Lipinski definition) is 0. The molecule has 0 aliphatic carbocycles. The summed E-state index contributed by atoms with van der Waals surface area (Å²) in [7, 11) is 0. The van der Waals surface area contributed by atoms with Crippen LogP contribution in [0.1, 0.15) is 0 Å². The van der Waals surface area contributed by atoms with Crippen LogP contribution in [0.15, 0.2) is 217 Å². The first-order valence-corrected chi connectivity index (χ1v) is 21.9. The molecule has 0 atom stereocenters. The summed E-state index contributed by atoms with van der Waals surface area (Å²) >= 11 is 0. The Kier molecular flexibility index (Phi) is 7.59. The smallest absolute Gasteiger partial charge is 0.238 e. The minimum atomic E-state index is 0.530. The highest BCUT2D eigenvalue weighted by Crippen LogP contribution is 2.45. The van der Waals surface area contributed by atoms with E-state index in [-0.39, 0.29) is 0 Å². The van der Waals surface area contributed by atoms with Crippen molar-refractivity contribution in [2.75, 3.05) is 0 Å². The Labute approximate surface area is 371 Å². The first-order valence-electron chi connectivity index (χ1n) is 21.9. The van der Waals surface area contributed by atoms with Crippen molar-refractivity contribution in [3.63, 3.8) is 0 Å². The summed E-state index contributed by atoms with van der Waals surface area (Å²) < 4.78 is 11.8. The number of furan rings is 1. The Morgan fingerprint density at radius 2 is 0.862 bits per heavy atom. The second-order valence-electron chi connectivity index (χ2n) is 16.8. The van der Waals surface area contributed by atoms with E-state index < -0.39 is 0 Å². The molecule has 14 rings (SSSR count). The van der Waals surface area contributed by atoms with Crippen molar-refractivity contribution in [3.05, 3.63) is 212 Å². The molecule has 0 amide bonds.